The van der Waals surface area contributed by atoms with Gasteiger partial charge in [0.15, 0.2) is 5.65 Å². The summed E-state index contributed by atoms with van der Waals surface area (Å²) in [5, 5.41) is 8.20. The predicted molar refractivity (Wildman–Crippen MR) is 131 cm³/mol. The molecule has 0 aliphatic heterocycles. The van der Waals surface area contributed by atoms with E-state index in [1.54, 1.807) is 36.3 Å². The number of ether oxygens (including phenoxy) is 3. The number of amides is 1. The zero-order chi connectivity index (χ0) is 24.8. The third kappa shape index (κ3) is 5.91. The zero-order valence-corrected chi connectivity index (χ0v) is 20.3. The summed E-state index contributed by atoms with van der Waals surface area (Å²) in [6.07, 6.45) is 3.31. The molecule has 3 heterocycles. The van der Waals surface area contributed by atoms with E-state index in [0.717, 1.165) is 5.56 Å². The molecule has 0 radical (unpaired) electrons. The van der Waals surface area contributed by atoms with Gasteiger partial charge in [0.05, 0.1) is 36.2 Å². The Morgan fingerprint density at radius 1 is 1.11 bits per heavy atom. The monoisotopic (exact) mass is 496 g/mol. The number of carbonyl (C=O) groups excluding carboxylic acids is 1. The van der Waals surface area contributed by atoms with Crippen molar-refractivity contribution in [2.24, 2.45) is 0 Å². The fraction of sp³-hybridized carbons (Fsp3) is 0.292. The first-order chi connectivity index (χ1) is 17.0. The van der Waals surface area contributed by atoms with Gasteiger partial charge in [-0.05, 0) is 37.6 Å². The van der Waals surface area contributed by atoms with Gasteiger partial charge in [-0.15, -0.1) is 0 Å². The van der Waals surface area contributed by atoms with Gasteiger partial charge >= 0.3 is 0 Å². The minimum Gasteiger partial charge on any atom is -0.461 e. The number of aryl methyl sites for hydroxylation is 1. The molecule has 11 heteroatoms. The quantitative estimate of drug-likeness (QED) is 0.354. The van der Waals surface area contributed by atoms with Crippen LogP contribution in [0.25, 0.3) is 16.7 Å². The number of carbonyl (C=O) groups is 1. The molecule has 182 valence electrons. The summed E-state index contributed by atoms with van der Waals surface area (Å²) in [6.45, 7) is 4.10. The molecule has 0 fully saturated rings. The number of para-hydroxylation sites is 1. The SMILES string of the molecule is COCC(C)OCC(Oc1ncnc2c1cnn2-c1ccccc1Cl)C(=O)Nc1ccc(C)cn1. The number of benzene rings is 1. The van der Waals surface area contributed by atoms with Crippen LogP contribution in [-0.4, -0.2) is 63.2 Å². The van der Waals surface area contributed by atoms with Gasteiger partial charge in [0.25, 0.3) is 5.91 Å². The van der Waals surface area contributed by atoms with Gasteiger partial charge < -0.3 is 19.5 Å². The molecular weight excluding hydrogens is 472 g/mol. The standard InChI is InChI=1S/C24H25ClN6O4/c1-15-8-9-21(26-10-15)30-23(32)20(13-34-16(2)12-33-3)35-24-17-11-29-31(22(17)27-14-28-24)19-7-5-4-6-18(19)25/h4-11,14,16,20H,12-13H2,1-3H3,(H,26,30,32). The second kappa shape index (κ2) is 11.2. The van der Waals surface area contributed by atoms with Gasteiger partial charge in [0, 0.05) is 13.3 Å². The highest BCUT2D eigenvalue weighted by Gasteiger charge is 2.25. The number of rotatable bonds is 10. The Kier molecular flexibility index (Phi) is 7.86. The Morgan fingerprint density at radius 2 is 1.94 bits per heavy atom. The van der Waals surface area contributed by atoms with E-state index in [1.165, 1.54) is 6.33 Å². The molecular formula is C24H25ClN6O4. The molecule has 0 bridgehead atoms. The van der Waals surface area contributed by atoms with E-state index in [4.69, 9.17) is 25.8 Å². The van der Waals surface area contributed by atoms with Gasteiger partial charge in [-0.25, -0.2) is 19.6 Å². The van der Waals surface area contributed by atoms with Crippen LogP contribution in [0.2, 0.25) is 5.02 Å². The first-order valence-corrected chi connectivity index (χ1v) is 11.3. The molecule has 35 heavy (non-hydrogen) atoms. The Labute approximate surface area is 207 Å². The highest BCUT2D eigenvalue weighted by Crippen LogP contribution is 2.27. The van der Waals surface area contributed by atoms with Crippen LogP contribution in [0.15, 0.2) is 55.1 Å². The number of nitrogens with zero attached hydrogens (tertiary/aromatic N) is 5. The van der Waals surface area contributed by atoms with E-state index >= 15 is 0 Å². The van der Waals surface area contributed by atoms with Crippen LogP contribution >= 0.6 is 11.6 Å². The number of hydrogen-bond acceptors (Lipinski definition) is 8. The van der Waals surface area contributed by atoms with E-state index in [1.807, 2.05) is 38.1 Å². The van der Waals surface area contributed by atoms with Crippen LogP contribution in [0.4, 0.5) is 5.82 Å². The van der Waals surface area contributed by atoms with Crippen LogP contribution in [-0.2, 0) is 14.3 Å². The van der Waals surface area contributed by atoms with Crippen molar-refractivity contribution in [2.45, 2.75) is 26.1 Å². The molecule has 1 N–H and O–H groups in total. The molecule has 1 amide bonds. The van der Waals surface area contributed by atoms with Crippen LogP contribution in [0.5, 0.6) is 5.88 Å². The highest BCUT2D eigenvalue weighted by molar-refractivity contribution is 6.32. The summed E-state index contributed by atoms with van der Waals surface area (Å²) in [6, 6.07) is 10.8. The Bertz CT molecular complexity index is 1300. The number of nitrogens with one attached hydrogen (secondary N) is 1. The predicted octanol–water partition coefficient (Wildman–Crippen LogP) is 3.61. The van der Waals surface area contributed by atoms with E-state index in [0.29, 0.717) is 34.2 Å². The first-order valence-electron chi connectivity index (χ1n) is 10.9. The van der Waals surface area contributed by atoms with Crippen molar-refractivity contribution in [1.82, 2.24) is 24.7 Å². The molecule has 4 rings (SSSR count). The molecule has 0 aliphatic rings. The number of methoxy groups -OCH3 is 1. The van der Waals surface area contributed by atoms with Crippen molar-refractivity contribution in [2.75, 3.05) is 25.6 Å². The first kappa shape index (κ1) is 24.5. The average Bonchev–Trinajstić information content (AvgIpc) is 3.28. The van der Waals surface area contributed by atoms with E-state index < -0.39 is 12.0 Å². The summed E-state index contributed by atoms with van der Waals surface area (Å²) in [4.78, 5) is 25.9. The maximum absolute atomic E-state index is 13.1. The van der Waals surface area contributed by atoms with Crippen molar-refractivity contribution < 1.29 is 19.0 Å². The second-order valence-electron chi connectivity index (χ2n) is 7.84. The molecule has 0 spiro atoms. The maximum Gasteiger partial charge on any atom is 0.269 e. The number of fused-ring (bicyclic) bond motifs is 1. The fourth-order valence-corrected chi connectivity index (χ4v) is 3.51. The van der Waals surface area contributed by atoms with E-state index in [9.17, 15) is 4.79 Å². The summed E-state index contributed by atoms with van der Waals surface area (Å²) in [5.41, 5.74) is 2.12. The van der Waals surface area contributed by atoms with E-state index in [2.05, 4.69) is 25.4 Å². The number of pyridine rings is 1. The lowest BCUT2D eigenvalue weighted by Crippen LogP contribution is -2.38. The largest absolute Gasteiger partial charge is 0.461 e. The minimum atomic E-state index is -1.03. The molecule has 4 aromatic rings. The van der Waals surface area contributed by atoms with Crippen LogP contribution in [0, 0.1) is 6.92 Å². The van der Waals surface area contributed by atoms with E-state index in [-0.39, 0.29) is 18.6 Å². The third-order valence-corrected chi connectivity index (χ3v) is 5.37. The number of hydrogen-bond donors (Lipinski definition) is 1. The Hall–Kier alpha value is -3.60. The molecule has 0 aliphatic carbocycles. The minimum absolute atomic E-state index is 0.0353. The van der Waals surface area contributed by atoms with Crippen LogP contribution < -0.4 is 10.1 Å². The van der Waals surface area contributed by atoms with Crippen LogP contribution in [0.1, 0.15) is 12.5 Å². The van der Waals surface area contributed by atoms with Gasteiger partial charge in [-0.3, -0.25) is 4.79 Å². The lowest BCUT2D eigenvalue weighted by Gasteiger charge is -2.20. The van der Waals surface area contributed by atoms with Crippen molar-refractivity contribution in [3.8, 4) is 11.6 Å². The normalized spacial score (nSPS) is 12.9. The summed E-state index contributed by atoms with van der Waals surface area (Å²) < 4.78 is 18.5. The molecule has 0 saturated heterocycles. The van der Waals surface area contributed by atoms with Crippen LogP contribution in [0.3, 0.4) is 0 Å². The van der Waals surface area contributed by atoms with Crippen molar-refractivity contribution >= 4 is 34.4 Å². The summed E-state index contributed by atoms with van der Waals surface area (Å²) in [7, 11) is 1.58. The van der Waals surface area contributed by atoms with Crippen molar-refractivity contribution in [1.29, 1.82) is 0 Å². The van der Waals surface area contributed by atoms with Crippen molar-refractivity contribution in [3.05, 3.63) is 65.7 Å². The summed E-state index contributed by atoms with van der Waals surface area (Å²) >= 11 is 6.34. The highest BCUT2D eigenvalue weighted by atomic mass is 35.5. The lowest BCUT2D eigenvalue weighted by atomic mass is 10.3. The molecule has 3 aromatic heterocycles. The summed E-state index contributed by atoms with van der Waals surface area (Å²) in [5.74, 6) is 0.156. The van der Waals surface area contributed by atoms with Gasteiger partial charge in [0.2, 0.25) is 12.0 Å². The Morgan fingerprint density at radius 3 is 2.69 bits per heavy atom. The van der Waals surface area contributed by atoms with Gasteiger partial charge in [-0.1, -0.05) is 29.8 Å². The molecule has 2 unspecified atom stereocenters. The molecule has 1 aromatic carbocycles. The van der Waals surface area contributed by atoms with Gasteiger partial charge in [-0.2, -0.15) is 5.10 Å². The van der Waals surface area contributed by atoms with Crippen molar-refractivity contribution in [3.63, 3.8) is 0 Å². The number of anilines is 1. The third-order valence-electron chi connectivity index (χ3n) is 5.05. The zero-order valence-electron chi connectivity index (χ0n) is 19.5. The number of halogens is 1. The molecule has 0 saturated carbocycles. The molecule has 2 atom stereocenters. The second-order valence-corrected chi connectivity index (χ2v) is 8.25. The fourth-order valence-electron chi connectivity index (χ4n) is 3.30. The van der Waals surface area contributed by atoms with Gasteiger partial charge in [0.1, 0.15) is 17.5 Å². The number of aromatic nitrogens is 5. The smallest absolute Gasteiger partial charge is 0.269 e. The maximum atomic E-state index is 13.1. The lowest BCUT2D eigenvalue weighted by molar-refractivity contribution is -0.127. The topological polar surface area (TPSA) is 113 Å². The Balaban J connectivity index is 1.61. The molecule has 10 nitrogen and oxygen atoms in total. The average molecular weight is 497 g/mol.